The molecule has 0 aromatic heterocycles. The molecule has 1 heterocycles. The molecule has 1 aliphatic heterocycles. The quantitative estimate of drug-likeness (QED) is 0.915. The fourth-order valence-corrected chi connectivity index (χ4v) is 2.35. The van der Waals surface area contributed by atoms with Crippen LogP contribution < -0.4 is 4.90 Å². The molecule has 1 saturated heterocycles. The Morgan fingerprint density at radius 3 is 3.11 bits per heavy atom. The normalized spacial score (nSPS) is 18.9. The first-order chi connectivity index (χ1) is 9.11. The minimum Gasteiger partial charge on any atom is -0.481 e. The molecule has 0 spiro atoms. The van der Waals surface area contributed by atoms with E-state index in [1.807, 2.05) is 4.90 Å². The summed E-state index contributed by atoms with van der Waals surface area (Å²) in [5.41, 5.74) is 1.16. The number of rotatable bonds is 3. The summed E-state index contributed by atoms with van der Waals surface area (Å²) in [7, 11) is 0. The minimum absolute atomic E-state index is 0.0304. The molecular formula is C13H13ClN2O3. The van der Waals surface area contributed by atoms with Gasteiger partial charge < -0.3 is 14.7 Å². The molecule has 5 nitrogen and oxygen atoms in total. The Morgan fingerprint density at radius 1 is 1.63 bits per heavy atom. The van der Waals surface area contributed by atoms with E-state index in [-0.39, 0.29) is 12.5 Å². The summed E-state index contributed by atoms with van der Waals surface area (Å²) in [6, 6.07) is 6.81. The number of nitriles is 1. The first kappa shape index (κ1) is 13.7. The Morgan fingerprint density at radius 2 is 2.42 bits per heavy atom. The van der Waals surface area contributed by atoms with E-state index in [9.17, 15) is 4.79 Å². The zero-order chi connectivity index (χ0) is 13.8. The lowest BCUT2D eigenvalue weighted by molar-refractivity contribution is -0.138. The van der Waals surface area contributed by atoms with Crippen molar-refractivity contribution in [2.24, 2.45) is 0 Å². The van der Waals surface area contributed by atoms with E-state index in [1.54, 1.807) is 18.2 Å². The number of carboxylic acid groups (broad SMARTS) is 1. The lowest BCUT2D eigenvalue weighted by Gasteiger charge is -2.37. The fraction of sp³-hybridized carbons (Fsp3) is 0.385. The Bertz CT molecular complexity index is 527. The van der Waals surface area contributed by atoms with Crippen molar-refractivity contribution in [3.8, 4) is 6.07 Å². The van der Waals surface area contributed by atoms with Crippen molar-refractivity contribution < 1.29 is 14.6 Å². The summed E-state index contributed by atoms with van der Waals surface area (Å²) in [5, 5.41) is 18.6. The van der Waals surface area contributed by atoms with Gasteiger partial charge in [0.05, 0.1) is 36.9 Å². The number of ether oxygens (including phenoxy) is 1. The molecule has 1 aromatic rings. The van der Waals surface area contributed by atoms with Gasteiger partial charge in [0.15, 0.2) is 0 Å². The van der Waals surface area contributed by atoms with Crippen LogP contribution in [-0.4, -0.2) is 36.9 Å². The maximum Gasteiger partial charge on any atom is 0.305 e. The molecule has 2 rings (SSSR count). The largest absolute Gasteiger partial charge is 0.481 e. The molecule has 1 unspecified atom stereocenters. The van der Waals surface area contributed by atoms with Gasteiger partial charge in [-0.05, 0) is 18.2 Å². The van der Waals surface area contributed by atoms with Crippen LogP contribution in [0.2, 0.25) is 5.02 Å². The van der Waals surface area contributed by atoms with E-state index in [0.29, 0.717) is 36.0 Å². The van der Waals surface area contributed by atoms with Gasteiger partial charge in [0.25, 0.3) is 0 Å². The molecule has 1 N–H and O–H groups in total. The van der Waals surface area contributed by atoms with E-state index in [2.05, 4.69) is 6.07 Å². The number of aliphatic carboxylic acids is 1. The van der Waals surface area contributed by atoms with Crippen molar-refractivity contribution in [1.82, 2.24) is 0 Å². The van der Waals surface area contributed by atoms with Crippen molar-refractivity contribution in [2.45, 2.75) is 12.5 Å². The SMILES string of the molecule is N#Cc1ccc(Cl)cc1N1CCOCC1CC(=O)O. The Labute approximate surface area is 116 Å². The highest BCUT2D eigenvalue weighted by atomic mass is 35.5. The summed E-state index contributed by atoms with van der Waals surface area (Å²) in [6.45, 7) is 1.39. The van der Waals surface area contributed by atoms with Crippen LogP contribution >= 0.6 is 11.6 Å². The van der Waals surface area contributed by atoms with Crippen LogP contribution in [0.3, 0.4) is 0 Å². The predicted molar refractivity (Wildman–Crippen MR) is 70.4 cm³/mol. The van der Waals surface area contributed by atoms with Crippen LogP contribution in [0.15, 0.2) is 18.2 Å². The van der Waals surface area contributed by atoms with E-state index in [1.165, 1.54) is 0 Å². The number of halogens is 1. The number of carbonyl (C=O) groups is 1. The standard InChI is InChI=1S/C13H13ClN2O3/c14-10-2-1-9(7-15)12(5-10)16-3-4-19-8-11(16)6-13(17)18/h1-2,5,11H,3-4,6,8H2,(H,17,18). The van der Waals surface area contributed by atoms with Crippen molar-refractivity contribution in [3.63, 3.8) is 0 Å². The van der Waals surface area contributed by atoms with Crippen LogP contribution in [0.5, 0.6) is 0 Å². The molecule has 1 aliphatic rings. The number of nitrogens with zero attached hydrogens (tertiary/aromatic N) is 2. The first-order valence-corrected chi connectivity index (χ1v) is 6.25. The average Bonchev–Trinajstić information content (AvgIpc) is 2.38. The van der Waals surface area contributed by atoms with Crippen LogP contribution in [-0.2, 0) is 9.53 Å². The number of benzene rings is 1. The molecular weight excluding hydrogens is 268 g/mol. The first-order valence-electron chi connectivity index (χ1n) is 5.87. The number of carboxylic acids is 1. The highest BCUT2D eigenvalue weighted by Gasteiger charge is 2.27. The molecule has 6 heteroatoms. The molecule has 1 fully saturated rings. The van der Waals surface area contributed by atoms with Crippen LogP contribution in [0.4, 0.5) is 5.69 Å². The van der Waals surface area contributed by atoms with Gasteiger partial charge in [0, 0.05) is 11.6 Å². The van der Waals surface area contributed by atoms with Gasteiger partial charge in [-0.25, -0.2) is 0 Å². The molecule has 1 aromatic carbocycles. The van der Waals surface area contributed by atoms with Gasteiger partial charge >= 0.3 is 5.97 Å². The van der Waals surface area contributed by atoms with E-state index in [4.69, 9.17) is 26.7 Å². The molecule has 19 heavy (non-hydrogen) atoms. The smallest absolute Gasteiger partial charge is 0.305 e. The summed E-state index contributed by atoms with van der Waals surface area (Å²) < 4.78 is 5.32. The maximum atomic E-state index is 10.9. The van der Waals surface area contributed by atoms with Gasteiger partial charge in [-0.15, -0.1) is 0 Å². The molecule has 0 amide bonds. The third-order valence-electron chi connectivity index (χ3n) is 3.03. The van der Waals surface area contributed by atoms with Gasteiger partial charge in [-0.3, -0.25) is 4.79 Å². The molecule has 1 atom stereocenters. The van der Waals surface area contributed by atoms with E-state index in [0.717, 1.165) is 0 Å². The van der Waals surface area contributed by atoms with Gasteiger partial charge in [-0.1, -0.05) is 11.6 Å². The maximum absolute atomic E-state index is 10.9. The van der Waals surface area contributed by atoms with E-state index >= 15 is 0 Å². The van der Waals surface area contributed by atoms with Gasteiger partial charge in [-0.2, -0.15) is 5.26 Å². The monoisotopic (exact) mass is 280 g/mol. The lowest BCUT2D eigenvalue weighted by atomic mass is 10.1. The summed E-state index contributed by atoms with van der Waals surface area (Å²) in [5.74, 6) is -0.888. The van der Waals surface area contributed by atoms with Crippen LogP contribution in [0.25, 0.3) is 0 Å². The zero-order valence-electron chi connectivity index (χ0n) is 10.2. The topological polar surface area (TPSA) is 73.6 Å². The zero-order valence-corrected chi connectivity index (χ0v) is 10.9. The summed E-state index contributed by atoms with van der Waals surface area (Å²) in [6.07, 6.45) is -0.0304. The highest BCUT2D eigenvalue weighted by molar-refractivity contribution is 6.30. The highest BCUT2D eigenvalue weighted by Crippen LogP contribution is 2.28. The van der Waals surface area contributed by atoms with E-state index < -0.39 is 5.97 Å². The van der Waals surface area contributed by atoms with Crippen LogP contribution in [0.1, 0.15) is 12.0 Å². The second-order valence-electron chi connectivity index (χ2n) is 4.29. The number of anilines is 1. The Balaban J connectivity index is 2.34. The van der Waals surface area contributed by atoms with Crippen molar-refractivity contribution in [3.05, 3.63) is 28.8 Å². The van der Waals surface area contributed by atoms with Crippen molar-refractivity contribution in [1.29, 1.82) is 5.26 Å². The third-order valence-corrected chi connectivity index (χ3v) is 3.26. The van der Waals surface area contributed by atoms with Gasteiger partial charge in [0.1, 0.15) is 6.07 Å². The van der Waals surface area contributed by atoms with Crippen LogP contribution in [0, 0.1) is 11.3 Å². The number of hydrogen-bond acceptors (Lipinski definition) is 4. The molecule has 0 radical (unpaired) electrons. The average molecular weight is 281 g/mol. The molecule has 0 saturated carbocycles. The van der Waals surface area contributed by atoms with Crippen molar-refractivity contribution in [2.75, 3.05) is 24.7 Å². The molecule has 0 aliphatic carbocycles. The Kier molecular flexibility index (Phi) is 4.25. The molecule has 0 bridgehead atoms. The third kappa shape index (κ3) is 3.16. The second-order valence-corrected chi connectivity index (χ2v) is 4.73. The lowest BCUT2D eigenvalue weighted by Crippen LogP contribution is -2.47. The Hall–Kier alpha value is -1.77. The number of hydrogen-bond donors (Lipinski definition) is 1. The number of morpholine rings is 1. The predicted octanol–water partition coefficient (Wildman–Crippen LogP) is 1.89. The molecule has 100 valence electrons. The summed E-state index contributed by atoms with van der Waals surface area (Å²) >= 11 is 5.96. The van der Waals surface area contributed by atoms with Crippen molar-refractivity contribution >= 4 is 23.3 Å². The fourth-order valence-electron chi connectivity index (χ4n) is 2.18. The minimum atomic E-state index is -0.888. The van der Waals surface area contributed by atoms with Gasteiger partial charge in [0.2, 0.25) is 0 Å². The summed E-state index contributed by atoms with van der Waals surface area (Å²) in [4.78, 5) is 12.8. The second kappa shape index (κ2) is 5.91.